The van der Waals surface area contributed by atoms with Crippen molar-refractivity contribution in [3.63, 3.8) is 0 Å². The Morgan fingerprint density at radius 1 is 1.16 bits per heavy atom. The highest BCUT2D eigenvalue weighted by Crippen LogP contribution is 2.36. The first-order chi connectivity index (χ1) is 14.3. The minimum absolute atomic E-state index is 0.0212. The SMILES string of the molecule is CC(C)OC(=O)/C(=C\N/N=C(\N)c1cc(C(F)(F)F)cc(C(F)(F)F)c1)c1nccs1. The normalized spacial score (nSPS) is 13.5. The molecule has 3 N–H and O–H groups in total. The number of benzene rings is 1. The van der Waals surface area contributed by atoms with Gasteiger partial charge < -0.3 is 10.5 Å². The summed E-state index contributed by atoms with van der Waals surface area (Å²) in [6.07, 6.45) is -8.04. The number of esters is 1. The van der Waals surface area contributed by atoms with Gasteiger partial charge >= 0.3 is 18.3 Å². The van der Waals surface area contributed by atoms with Crippen molar-refractivity contribution in [2.75, 3.05) is 0 Å². The lowest BCUT2D eigenvalue weighted by atomic mass is 10.0. The summed E-state index contributed by atoms with van der Waals surface area (Å²) in [6.45, 7) is 3.24. The van der Waals surface area contributed by atoms with Crippen LogP contribution < -0.4 is 11.2 Å². The fraction of sp³-hybridized carbons (Fsp3) is 0.278. The molecule has 0 saturated carbocycles. The van der Waals surface area contributed by atoms with Crippen molar-refractivity contribution in [1.82, 2.24) is 10.4 Å². The number of rotatable bonds is 6. The van der Waals surface area contributed by atoms with Crippen molar-refractivity contribution >= 4 is 28.7 Å². The maximum Gasteiger partial charge on any atom is 0.416 e. The minimum Gasteiger partial charge on any atom is -0.459 e. The summed E-state index contributed by atoms with van der Waals surface area (Å²) in [6, 6.07) is 0.856. The van der Waals surface area contributed by atoms with Crippen molar-refractivity contribution in [3.8, 4) is 0 Å². The number of carbonyl (C=O) groups is 1. The van der Waals surface area contributed by atoms with E-state index in [1.807, 2.05) is 0 Å². The third-order valence-corrected chi connectivity index (χ3v) is 4.31. The molecule has 1 aromatic heterocycles. The van der Waals surface area contributed by atoms with Crippen LogP contribution >= 0.6 is 11.3 Å². The molecule has 0 spiro atoms. The summed E-state index contributed by atoms with van der Waals surface area (Å²) in [7, 11) is 0. The molecular weight excluding hydrogens is 450 g/mol. The van der Waals surface area contributed by atoms with Crippen molar-refractivity contribution in [1.29, 1.82) is 0 Å². The quantitative estimate of drug-likeness (QED) is 0.165. The van der Waals surface area contributed by atoms with Crippen LogP contribution in [0.5, 0.6) is 0 Å². The van der Waals surface area contributed by atoms with Crippen LogP contribution in [-0.2, 0) is 21.9 Å². The van der Waals surface area contributed by atoms with Gasteiger partial charge in [0.1, 0.15) is 10.6 Å². The molecule has 0 saturated heterocycles. The van der Waals surface area contributed by atoms with Crippen LogP contribution in [0.1, 0.15) is 35.5 Å². The molecule has 168 valence electrons. The Labute approximate surface area is 176 Å². The summed E-state index contributed by atoms with van der Waals surface area (Å²) in [5, 5.41) is 5.40. The smallest absolute Gasteiger partial charge is 0.416 e. The second kappa shape index (κ2) is 9.37. The van der Waals surface area contributed by atoms with Crippen molar-refractivity contribution < 1.29 is 35.9 Å². The molecule has 0 bridgehead atoms. The predicted octanol–water partition coefficient (Wildman–Crippen LogP) is 4.38. The number of ether oxygens (including phenoxy) is 1. The van der Waals surface area contributed by atoms with E-state index in [-0.39, 0.29) is 16.6 Å². The lowest BCUT2D eigenvalue weighted by molar-refractivity contribution is -0.143. The van der Waals surface area contributed by atoms with Gasteiger partial charge in [0, 0.05) is 23.3 Å². The zero-order chi connectivity index (χ0) is 23.4. The summed E-state index contributed by atoms with van der Waals surface area (Å²) >= 11 is 1.10. The summed E-state index contributed by atoms with van der Waals surface area (Å²) < 4.78 is 82.9. The number of carbonyl (C=O) groups excluding carboxylic acids is 1. The van der Waals surface area contributed by atoms with Crippen LogP contribution in [0.2, 0.25) is 0 Å². The largest absolute Gasteiger partial charge is 0.459 e. The number of amidine groups is 1. The number of nitrogens with one attached hydrogen (secondary N) is 1. The third-order valence-electron chi connectivity index (χ3n) is 3.50. The van der Waals surface area contributed by atoms with Gasteiger partial charge in [-0.2, -0.15) is 31.4 Å². The second-order valence-corrected chi connectivity index (χ2v) is 7.16. The fourth-order valence-electron chi connectivity index (χ4n) is 2.18. The number of aromatic nitrogens is 1. The van der Waals surface area contributed by atoms with Gasteiger partial charge in [-0.15, -0.1) is 11.3 Å². The van der Waals surface area contributed by atoms with Crippen LogP contribution in [0.3, 0.4) is 0 Å². The van der Waals surface area contributed by atoms with Gasteiger partial charge in [0.25, 0.3) is 0 Å². The fourth-order valence-corrected chi connectivity index (χ4v) is 2.82. The van der Waals surface area contributed by atoms with Crippen molar-refractivity contribution in [2.24, 2.45) is 10.8 Å². The molecule has 0 radical (unpaired) electrons. The number of alkyl halides is 6. The topological polar surface area (TPSA) is 89.6 Å². The lowest BCUT2D eigenvalue weighted by Crippen LogP contribution is -2.20. The number of halogens is 6. The molecule has 6 nitrogen and oxygen atoms in total. The van der Waals surface area contributed by atoms with Crippen LogP contribution in [0.4, 0.5) is 26.3 Å². The summed E-state index contributed by atoms with van der Waals surface area (Å²) in [5.74, 6) is -1.42. The molecule has 0 aliphatic heterocycles. The molecule has 0 amide bonds. The molecule has 1 aromatic carbocycles. The highest BCUT2D eigenvalue weighted by atomic mass is 32.1. The zero-order valence-corrected chi connectivity index (χ0v) is 16.8. The van der Waals surface area contributed by atoms with Gasteiger partial charge in [-0.1, -0.05) is 0 Å². The van der Waals surface area contributed by atoms with E-state index in [0.717, 1.165) is 17.5 Å². The molecule has 0 aliphatic carbocycles. The van der Waals surface area contributed by atoms with E-state index >= 15 is 0 Å². The molecule has 2 aromatic rings. The van der Waals surface area contributed by atoms with Gasteiger partial charge in [-0.25, -0.2) is 9.78 Å². The minimum atomic E-state index is -5.03. The van der Waals surface area contributed by atoms with E-state index in [0.29, 0.717) is 12.1 Å². The highest BCUT2D eigenvalue weighted by molar-refractivity contribution is 7.11. The number of nitrogens with zero attached hydrogens (tertiary/aromatic N) is 2. The van der Waals surface area contributed by atoms with Crippen molar-refractivity contribution in [3.05, 3.63) is 57.7 Å². The first kappa shape index (κ1) is 24.2. The summed E-state index contributed by atoms with van der Waals surface area (Å²) in [5.41, 5.74) is 4.09. The van der Waals surface area contributed by atoms with E-state index in [4.69, 9.17) is 10.5 Å². The average Bonchev–Trinajstić information content (AvgIpc) is 3.16. The first-order valence-electron chi connectivity index (χ1n) is 8.48. The average molecular weight is 466 g/mol. The van der Waals surface area contributed by atoms with Crippen LogP contribution in [0.25, 0.3) is 5.57 Å². The molecule has 0 aliphatic rings. The maximum atomic E-state index is 13.0. The Morgan fingerprint density at radius 3 is 2.19 bits per heavy atom. The molecular formula is C18H16F6N4O2S. The third kappa shape index (κ3) is 6.70. The number of hydrazone groups is 1. The molecule has 13 heteroatoms. The maximum absolute atomic E-state index is 13.0. The predicted molar refractivity (Wildman–Crippen MR) is 102 cm³/mol. The van der Waals surface area contributed by atoms with Gasteiger partial charge in [-0.05, 0) is 32.0 Å². The second-order valence-electron chi connectivity index (χ2n) is 6.27. The number of nitrogens with two attached hydrogens (primary N) is 1. The Balaban J connectivity index is 2.38. The van der Waals surface area contributed by atoms with Crippen LogP contribution in [0.15, 0.2) is 41.1 Å². The zero-order valence-electron chi connectivity index (χ0n) is 16.0. The lowest BCUT2D eigenvalue weighted by Gasteiger charge is -2.14. The Kier molecular flexibility index (Phi) is 7.31. The molecule has 0 unspecified atom stereocenters. The standard InChI is InChI=1S/C18H16F6N4O2S/c1-9(2)30-16(29)13(15-26-3-4-31-15)8-27-28-14(25)10-5-11(17(19,20)21)7-12(6-10)18(22,23)24/h3-9,27H,1-2H3,(H2,25,28)/b13-8-. The number of thiazole rings is 1. The van der Waals surface area contributed by atoms with Crippen LogP contribution in [-0.4, -0.2) is 22.9 Å². The first-order valence-corrected chi connectivity index (χ1v) is 9.36. The molecule has 31 heavy (non-hydrogen) atoms. The van der Waals surface area contributed by atoms with Crippen LogP contribution in [0, 0.1) is 0 Å². The molecule has 2 rings (SSSR count). The summed E-state index contributed by atoms with van der Waals surface area (Å²) in [4.78, 5) is 16.2. The van der Waals surface area contributed by atoms with Gasteiger partial charge in [0.15, 0.2) is 5.84 Å². The van der Waals surface area contributed by atoms with Gasteiger partial charge in [0.2, 0.25) is 0 Å². The van der Waals surface area contributed by atoms with Gasteiger partial charge in [0.05, 0.1) is 17.2 Å². The van der Waals surface area contributed by atoms with E-state index in [9.17, 15) is 31.1 Å². The Hall–Kier alpha value is -3.09. The van der Waals surface area contributed by atoms with E-state index in [1.165, 1.54) is 6.20 Å². The Morgan fingerprint density at radius 2 is 1.74 bits per heavy atom. The molecule has 1 heterocycles. The van der Waals surface area contributed by atoms with Gasteiger partial charge in [-0.3, -0.25) is 5.43 Å². The highest BCUT2D eigenvalue weighted by Gasteiger charge is 2.37. The Bertz CT molecular complexity index is 950. The molecule has 0 fully saturated rings. The van der Waals surface area contributed by atoms with E-state index < -0.39 is 47.0 Å². The number of hydrogen-bond acceptors (Lipinski definition) is 6. The van der Waals surface area contributed by atoms with E-state index in [1.54, 1.807) is 19.2 Å². The van der Waals surface area contributed by atoms with E-state index in [2.05, 4.69) is 15.5 Å². The number of hydrogen-bond donors (Lipinski definition) is 2. The monoisotopic (exact) mass is 466 g/mol. The molecule has 0 atom stereocenters. The van der Waals surface area contributed by atoms with Crippen molar-refractivity contribution in [2.45, 2.75) is 32.3 Å².